The van der Waals surface area contributed by atoms with E-state index < -0.39 is 15.2 Å². The van der Waals surface area contributed by atoms with Crippen molar-refractivity contribution in [2.75, 3.05) is 5.32 Å². The molecular weight excluding hydrogens is 402 g/mol. The van der Waals surface area contributed by atoms with Crippen LogP contribution in [0, 0.1) is 0 Å². The molecule has 0 aliphatic heterocycles. The van der Waals surface area contributed by atoms with Crippen molar-refractivity contribution in [2.45, 2.75) is 37.2 Å². The molecule has 0 aliphatic carbocycles. The lowest BCUT2D eigenvalue weighted by atomic mass is 10.1. The van der Waals surface area contributed by atoms with Gasteiger partial charge in [-0.3, -0.25) is 14.1 Å². The van der Waals surface area contributed by atoms with Crippen LogP contribution in [-0.2, 0) is 19.7 Å². The van der Waals surface area contributed by atoms with Gasteiger partial charge in [0.05, 0.1) is 11.9 Å². The third-order valence-electron chi connectivity index (χ3n) is 3.72. The minimum Gasteiger partial charge on any atom is -0.506 e. The number of anilines is 1. The van der Waals surface area contributed by atoms with Gasteiger partial charge < -0.3 is 14.8 Å². The summed E-state index contributed by atoms with van der Waals surface area (Å²) in [6.07, 6.45) is 3.37. The minimum absolute atomic E-state index is 0.00170. The molecule has 29 heavy (non-hydrogen) atoms. The molecule has 0 saturated heterocycles. The quantitative estimate of drug-likeness (QED) is 0.150. The molecule has 2 amide bonds. The number of nitrogens with zero attached hydrogens (tertiary/aromatic N) is 1. The number of hydrogen-bond donors (Lipinski definition) is 4. The fourth-order valence-corrected chi connectivity index (χ4v) is 2.75. The molecule has 1 heterocycles. The number of unbranched alkanes of at least 4 members (excludes halogenated alkanes) is 2. The standard InChI is InChI=1S/C18H21N3O7S/c22-15-7-5-4-6-14(15)20-16(23)8-2-1-3-9-17(24)21-19-12-13-10-11-18(28-13)29(25,26)27/h4-7,10-12,22H,1-3,8-9H2,(H,20,23)(H,21,24)(H,25,26,27)/b19-12+. The Hall–Kier alpha value is -3.18. The van der Waals surface area contributed by atoms with E-state index in [4.69, 9.17) is 8.97 Å². The number of furan rings is 1. The topological polar surface area (TPSA) is 158 Å². The molecule has 10 nitrogen and oxygen atoms in total. The van der Waals surface area contributed by atoms with Crippen LogP contribution in [0.15, 0.2) is 51.0 Å². The Kier molecular flexibility index (Phi) is 7.92. The van der Waals surface area contributed by atoms with Gasteiger partial charge in [-0.25, -0.2) is 5.43 Å². The van der Waals surface area contributed by atoms with Crippen molar-refractivity contribution in [1.82, 2.24) is 5.43 Å². The van der Waals surface area contributed by atoms with Crippen molar-refractivity contribution in [3.63, 3.8) is 0 Å². The number of rotatable bonds is 10. The zero-order valence-corrected chi connectivity index (χ0v) is 16.2. The van der Waals surface area contributed by atoms with Crippen LogP contribution in [0.25, 0.3) is 0 Å². The molecule has 2 aromatic rings. The number of phenolic OH excluding ortho intramolecular Hbond substituents is 1. The second-order valence-electron chi connectivity index (χ2n) is 6.05. The van der Waals surface area contributed by atoms with Crippen LogP contribution in [0.5, 0.6) is 5.75 Å². The molecule has 0 aliphatic rings. The van der Waals surface area contributed by atoms with Crippen LogP contribution in [0.2, 0.25) is 0 Å². The van der Waals surface area contributed by atoms with Gasteiger partial charge in [-0.05, 0) is 37.1 Å². The number of phenols is 1. The fraction of sp³-hybridized carbons (Fsp3) is 0.278. The Morgan fingerprint density at radius 3 is 2.38 bits per heavy atom. The molecule has 0 fully saturated rings. The maximum Gasteiger partial charge on any atom is 0.328 e. The van der Waals surface area contributed by atoms with Crippen LogP contribution in [-0.4, -0.2) is 36.1 Å². The van der Waals surface area contributed by atoms with Crippen molar-refractivity contribution in [1.29, 1.82) is 0 Å². The summed E-state index contributed by atoms with van der Waals surface area (Å²) in [4.78, 5) is 23.5. The molecule has 0 unspecified atom stereocenters. The number of carbonyl (C=O) groups excluding carboxylic acids is 2. The summed E-state index contributed by atoms with van der Waals surface area (Å²) >= 11 is 0. The second-order valence-corrected chi connectivity index (χ2v) is 7.40. The van der Waals surface area contributed by atoms with E-state index in [1.807, 2.05) is 0 Å². The molecule has 156 valence electrons. The highest BCUT2D eigenvalue weighted by Gasteiger charge is 2.14. The number of benzene rings is 1. The number of para-hydroxylation sites is 2. The summed E-state index contributed by atoms with van der Waals surface area (Å²) in [5, 5.41) is 15.2. The Bertz CT molecular complexity index is 983. The number of hydrogen-bond acceptors (Lipinski definition) is 7. The van der Waals surface area contributed by atoms with E-state index in [1.54, 1.807) is 18.2 Å². The summed E-state index contributed by atoms with van der Waals surface area (Å²) in [6, 6.07) is 8.79. The minimum atomic E-state index is -4.42. The SMILES string of the molecule is O=C(CCCCCC(=O)Nc1ccccc1O)N/N=C/c1ccc(S(=O)(=O)O)o1. The third kappa shape index (κ3) is 7.76. The van der Waals surface area contributed by atoms with E-state index in [0.29, 0.717) is 24.9 Å². The summed E-state index contributed by atoms with van der Waals surface area (Å²) in [5.74, 6) is -0.514. The van der Waals surface area contributed by atoms with Crippen molar-refractivity contribution >= 4 is 33.8 Å². The lowest BCUT2D eigenvalue weighted by Gasteiger charge is -2.06. The first-order valence-electron chi connectivity index (χ1n) is 8.73. The number of nitrogens with one attached hydrogen (secondary N) is 2. The maximum absolute atomic E-state index is 11.8. The second kappa shape index (κ2) is 10.4. The van der Waals surface area contributed by atoms with Crippen molar-refractivity contribution in [2.24, 2.45) is 5.10 Å². The predicted octanol–water partition coefficient (Wildman–Crippen LogP) is 2.27. The van der Waals surface area contributed by atoms with Gasteiger partial charge in [-0.2, -0.15) is 13.5 Å². The number of aromatic hydroxyl groups is 1. The fourth-order valence-electron chi connectivity index (χ4n) is 2.31. The van der Waals surface area contributed by atoms with Gasteiger partial charge in [0.15, 0.2) is 0 Å². The Morgan fingerprint density at radius 2 is 1.72 bits per heavy atom. The van der Waals surface area contributed by atoms with E-state index in [1.165, 1.54) is 12.1 Å². The van der Waals surface area contributed by atoms with Gasteiger partial charge in [-0.1, -0.05) is 18.6 Å². The molecular formula is C18H21N3O7S. The molecule has 0 radical (unpaired) electrons. The Labute approximate surface area is 167 Å². The molecule has 4 N–H and O–H groups in total. The Morgan fingerprint density at radius 1 is 1.03 bits per heavy atom. The van der Waals surface area contributed by atoms with Crippen LogP contribution in [0.3, 0.4) is 0 Å². The predicted molar refractivity (Wildman–Crippen MR) is 104 cm³/mol. The number of amides is 2. The number of carbonyl (C=O) groups is 2. The average Bonchev–Trinajstić information content (AvgIpc) is 3.13. The molecule has 2 rings (SSSR count). The van der Waals surface area contributed by atoms with Gasteiger partial charge in [0.1, 0.15) is 11.5 Å². The maximum atomic E-state index is 11.8. The van der Waals surface area contributed by atoms with Gasteiger partial charge in [0.25, 0.3) is 0 Å². The van der Waals surface area contributed by atoms with Crippen LogP contribution in [0.4, 0.5) is 5.69 Å². The zero-order valence-electron chi connectivity index (χ0n) is 15.4. The van der Waals surface area contributed by atoms with Crippen LogP contribution >= 0.6 is 0 Å². The molecule has 1 aromatic heterocycles. The lowest BCUT2D eigenvalue weighted by Crippen LogP contribution is -2.17. The van der Waals surface area contributed by atoms with Crippen molar-refractivity contribution in [3.8, 4) is 5.75 Å². The largest absolute Gasteiger partial charge is 0.506 e. The molecule has 0 saturated carbocycles. The van der Waals surface area contributed by atoms with E-state index in [0.717, 1.165) is 12.3 Å². The van der Waals surface area contributed by atoms with E-state index >= 15 is 0 Å². The first kappa shape index (κ1) is 22.1. The van der Waals surface area contributed by atoms with Crippen LogP contribution < -0.4 is 10.7 Å². The molecule has 0 atom stereocenters. The van der Waals surface area contributed by atoms with Gasteiger partial charge in [0, 0.05) is 12.8 Å². The van der Waals surface area contributed by atoms with Gasteiger partial charge >= 0.3 is 10.1 Å². The lowest BCUT2D eigenvalue weighted by molar-refractivity contribution is -0.121. The summed E-state index contributed by atoms with van der Waals surface area (Å²) in [7, 11) is -4.42. The molecule has 0 spiro atoms. The molecule has 1 aromatic carbocycles. The first-order valence-corrected chi connectivity index (χ1v) is 10.2. The molecule has 0 bridgehead atoms. The highest BCUT2D eigenvalue weighted by molar-refractivity contribution is 7.85. The monoisotopic (exact) mass is 423 g/mol. The van der Waals surface area contributed by atoms with E-state index in [-0.39, 0.29) is 36.2 Å². The highest BCUT2D eigenvalue weighted by Crippen LogP contribution is 2.21. The van der Waals surface area contributed by atoms with Gasteiger partial charge in [-0.15, -0.1) is 0 Å². The Balaban J connectivity index is 1.60. The summed E-state index contributed by atoms with van der Waals surface area (Å²) in [6.45, 7) is 0. The number of hydrazone groups is 1. The zero-order chi connectivity index (χ0) is 21.3. The third-order valence-corrected chi connectivity index (χ3v) is 4.45. The van der Waals surface area contributed by atoms with Crippen LogP contribution in [0.1, 0.15) is 37.9 Å². The highest BCUT2D eigenvalue weighted by atomic mass is 32.2. The summed E-state index contributed by atoms with van der Waals surface area (Å²) < 4.78 is 35.3. The smallest absolute Gasteiger partial charge is 0.328 e. The van der Waals surface area contributed by atoms with Crippen molar-refractivity contribution < 1.29 is 32.1 Å². The molecule has 11 heteroatoms. The van der Waals surface area contributed by atoms with E-state index in [2.05, 4.69) is 15.8 Å². The average molecular weight is 423 g/mol. The van der Waals surface area contributed by atoms with Crippen molar-refractivity contribution in [3.05, 3.63) is 42.2 Å². The first-order chi connectivity index (χ1) is 13.8. The van der Waals surface area contributed by atoms with Gasteiger partial charge in [0.2, 0.25) is 16.9 Å². The normalized spacial score (nSPS) is 11.5. The summed E-state index contributed by atoms with van der Waals surface area (Å²) in [5.41, 5.74) is 2.63. The van der Waals surface area contributed by atoms with E-state index in [9.17, 15) is 23.1 Å².